The molecule has 0 saturated heterocycles. The third-order valence-electron chi connectivity index (χ3n) is 1.85. The number of aliphatic carboxylic acids is 1. The van der Waals surface area contributed by atoms with Gasteiger partial charge in [-0.05, 0) is 40.3 Å². The summed E-state index contributed by atoms with van der Waals surface area (Å²) in [4.78, 5) is 21.5. The number of halogens is 1. The maximum absolute atomic E-state index is 10.8. The average Bonchev–Trinajstić information content (AvgIpc) is 2.16. The van der Waals surface area contributed by atoms with Gasteiger partial charge in [0.2, 0.25) is 0 Å². The maximum Gasteiger partial charge on any atom is 0.336 e. The molecule has 15 heavy (non-hydrogen) atoms. The van der Waals surface area contributed by atoms with Crippen LogP contribution in [0.2, 0.25) is 0 Å². The smallest absolute Gasteiger partial charge is 0.336 e. The van der Waals surface area contributed by atoms with E-state index in [1.54, 1.807) is 6.07 Å². The number of hydrogen-bond donors (Lipinski definition) is 3. The monoisotopic (exact) mass is 321 g/mol. The summed E-state index contributed by atoms with van der Waals surface area (Å²) in [6.07, 6.45) is 0. The van der Waals surface area contributed by atoms with E-state index in [2.05, 4.69) is 0 Å². The number of carboxylic acid groups (broad SMARTS) is 2. The maximum atomic E-state index is 10.8. The molecule has 0 amide bonds. The third-order valence-corrected chi connectivity index (χ3v) is 2.52. The highest BCUT2D eigenvalue weighted by Crippen LogP contribution is 2.19. The molecule has 0 aromatic heterocycles. The van der Waals surface area contributed by atoms with Crippen LogP contribution in [0.3, 0.4) is 0 Å². The lowest BCUT2D eigenvalue weighted by Gasteiger charge is -2.10. The Morgan fingerprint density at radius 1 is 1.33 bits per heavy atom. The Bertz CT molecular complexity index is 419. The number of carboxylic acids is 2. The van der Waals surface area contributed by atoms with Crippen LogP contribution in [0.5, 0.6) is 0 Å². The Kier molecular flexibility index (Phi) is 3.64. The van der Waals surface area contributed by atoms with Crippen molar-refractivity contribution in [2.75, 3.05) is 0 Å². The Morgan fingerprint density at radius 2 is 1.93 bits per heavy atom. The highest BCUT2D eigenvalue weighted by molar-refractivity contribution is 14.1. The zero-order chi connectivity index (χ0) is 11.6. The summed E-state index contributed by atoms with van der Waals surface area (Å²) in [6, 6.07) is 3.11. The minimum atomic E-state index is -1.31. The van der Waals surface area contributed by atoms with Crippen molar-refractivity contribution in [3.8, 4) is 0 Å². The van der Waals surface area contributed by atoms with E-state index in [-0.39, 0.29) is 11.1 Å². The van der Waals surface area contributed by atoms with Crippen molar-refractivity contribution in [1.29, 1.82) is 0 Å². The molecule has 0 fully saturated rings. The molecular formula is C9H8INO4. The normalized spacial score (nSPS) is 12.1. The van der Waals surface area contributed by atoms with Gasteiger partial charge in [-0.2, -0.15) is 0 Å². The van der Waals surface area contributed by atoms with Crippen LogP contribution in [-0.2, 0) is 4.79 Å². The van der Waals surface area contributed by atoms with Crippen molar-refractivity contribution in [3.63, 3.8) is 0 Å². The Morgan fingerprint density at radius 3 is 2.40 bits per heavy atom. The van der Waals surface area contributed by atoms with Crippen molar-refractivity contribution in [1.82, 2.24) is 0 Å². The molecule has 0 radical (unpaired) electrons. The zero-order valence-corrected chi connectivity index (χ0v) is 9.63. The van der Waals surface area contributed by atoms with Gasteiger partial charge in [0.25, 0.3) is 0 Å². The lowest BCUT2D eigenvalue weighted by molar-refractivity contribution is -0.138. The fraction of sp³-hybridized carbons (Fsp3) is 0.111. The number of carbonyl (C=O) groups is 2. The largest absolute Gasteiger partial charge is 0.480 e. The molecule has 1 atom stereocenters. The highest BCUT2D eigenvalue weighted by Gasteiger charge is 2.21. The molecule has 1 rings (SSSR count). The fourth-order valence-corrected chi connectivity index (χ4v) is 1.61. The van der Waals surface area contributed by atoms with Crippen LogP contribution in [0.25, 0.3) is 0 Å². The van der Waals surface area contributed by atoms with Crippen LogP contribution < -0.4 is 5.73 Å². The lowest BCUT2D eigenvalue weighted by Crippen LogP contribution is -2.23. The first-order valence-electron chi connectivity index (χ1n) is 3.94. The molecule has 0 aliphatic carbocycles. The van der Waals surface area contributed by atoms with E-state index >= 15 is 0 Å². The molecular weight excluding hydrogens is 313 g/mol. The minimum absolute atomic E-state index is 0.0724. The molecule has 5 nitrogen and oxygen atoms in total. The Labute approximate surface area is 99.0 Å². The standard InChI is InChI=1S/C9H8INO4/c10-4-1-2-5(7(11)9(14)15)6(3-4)8(12)13/h1-3,7H,11H2,(H,12,13)(H,14,15)/t7-/m0/s1. The van der Waals surface area contributed by atoms with Crippen molar-refractivity contribution in [2.24, 2.45) is 5.73 Å². The average molecular weight is 321 g/mol. The van der Waals surface area contributed by atoms with E-state index in [0.717, 1.165) is 0 Å². The van der Waals surface area contributed by atoms with Crippen LogP contribution in [0.1, 0.15) is 22.0 Å². The van der Waals surface area contributed by atoms with E-state index < -0.39 is 18.0 Å². The molecule has 0 aliphatic heterocycles. The lowest BCUT2D eigenvalue weighted by atomic mass is 10.0. The predicted molar refractivity (Wildman–Crippen MR) is 60.7 cm³/mol. The molecule has 4 N–H and O–H groups in total. The minimum Gasteiger partial charge on any atom is -0.480 e. The fourth-order valence-electron chi connectivity index (χ4n) is 1.12. The van der Waals surface area contributed by atoms with Gasteiger partial charge in [-0.25, -0.2) is 4.79 Å². The van der Waals surface area contributed by atoms with Gasteiger partial charge in [0.05, 0.1) is 5.56 Å². The number of hydrogen-bond acceptors (Lipinski definition) is 3. The van der Waals surface area contributed by atoms with Gasteiger partial charge in [-0.1, -0.05) is 6.07 Å². The van der Waals surface area contributed by atoms with Crippen LogP contribution in [-0.4, -0.2) is 22.2 Å². The van der Waals surface area contributed by atoms with E-state index in [9.17, 15) is 9.59 Å². The Balaban J connectivity index is 3.28. The molecule has 80 valence electrons. The summed E-state index contributed by atoms with van der Waals surface area (Å²) >= 11 is 1.94. The van der Waals surface area contributed by atoms with Crippen LogP contribution in [0, 0.1) is 3.57 Å². The SMILES string of the molecule is N[C@H](C(=O)O)c1ccc(I)cc1C(=O)O. The molecule has 1 aromatic rings. The molecule has 0 spiro atoms. The summed E-state index contributed by atoms with van der Waals surface area (Å²) in [5.41, 5.74) is 5.40. The molecule has 0 bridgehead atoms. The second kappa shape index (κ2) is 4.58. The molecule has 0 unspecified atom stereocenters. The quantitative estimate of drug-likeness (QED) is 0.723. The van der Waals surface area contributed by atoms with Crippen molar-refractivity contribution < 1.29 is 19.8 Å². The van der Waals surface area contributed by atoms with Crippen LogP contribution in [0.4, 0.5) is 0 Å². The van der Waals surface area contributed by atoms with Crippen molar-refractivity contribution in [2.45, 2.75) is 6.04 Å². The van der Waals surface area contributed by atoms with Crippen molar-refractivity contribution in [3.05, 3.63) is 32.9 Å². The van der Waals surface area contributed by atoms with Gasteiger partial charge in [-0.3, -0.25) is 4.79 Å². The van der Waals surface area contributed by atoms with E-state index in [1.807, 2.05) is 22.6 Å². The summed E-state index contributed by atoms with van der Waals surface area (Å²) in [5, 5.41) is 17.6. The second-order valence-corrected chi connectivity index (χ2v) is 4.10. The number of rotatable bonds is 3. The first kappa shape index (κ1) is 11.9. The van der Waals surface area contributed by atoms with Gasteiger partial charge in [0.15, 0.2) is 0 Å². The van der Waals surface area contributed by atoms with E-state index in [4.69, 9.17) is 15.9 Å². The number of aromatic carboxylic acids is 1. The van der Waals surface area contributed by atoms with Crippen LogP contribution >= 0.6 is 22.6 Å². The predicted octanol–water partition coefficient (Wildman–Crippen LogP) is 1.07. The Hall–Kier alpha value is -1.15. The van der Waals surface area contributed by atoms with Crippen LogP contribution in [0.15, 0.2) is 18.2 Å². The first-order chi connectivity index (χ1) is 6.93. The highest BCUT2D eigenvalue weighted by atomic mass is 127. The van der Waals surface area contributed by atoms with Gasteiger partial charge < -0.3 is 15.9 Å². The van der Waals surface area contributed by atoms with Gasteiger partial charge in [-0.15, -0.1) is 0 Å². The van der Waals surface area contributed by atoms with E-state index in [0.29, 0.717) is 3.57 Å². The summed E-state index contributed by atoms with van der Waals surface area (Å²) < 4.78 is 0.714. The molecule has 1 aromatic carbocycles. The third kappa shape index (κ3) is 2.66. The van der Waals surface area contributed by atoms with Gasteiger partial charge >= 0.3 is 11.9 Å². The number of nitrogens with two attached hydrogens (primary N) is 1. The molecule has 0 heterocycles. The molecule has 0 saturated carbocycles. The molecule has 6 heteroatoms. The van der Waals surface area contributed by atoms with Crippen molar-refractivity contribution >= 4 is 34.5 Å². The second-order valence-electron chi connectivity index (χ2n) is 2.85. The zero-order valence-electron chi connectivity index (χ0n) is 7.48. The van der Waals surface area contributed by atoms with Gasteiger partial charge in [0, 0.05) is 3.57 Å². The topological polar surface area (TPSA) is 101 Å². The van der Waals surface area contributed by atoms with E-state index in [1.165, 1.54) is 12.1 Å². The number of benzene rings is 1. The summed E-state index contributed by atoms with van der Waals surface area (Å²) in [5.74, 6) is -2.43. The summed E-state index contributed by atoms with van der Waals surface area (Å²) in [7, 11) is 0. The van der Waals surface area contributed by atoms with Gasteiger partial charge in [0.1, 0.15) is 6.04 Å². The summed E-state index contributed by atoms with van der Waals surface area (Å²) in [6.45, 7) is 0. The first-order valence-corrected chi connectivity index (χ1v) is 5.02. The molecule has 0 aliphatic rings.